The van der Waals surface area contributed by atoms with Crippen molar-refractivity contribution < 1.29 is 114 Å². The van der Waals surface area contributed by atoms with Gasteiger partial charge >= 0.3 is 0 Å². The first kappa shape index (κ1) is 56.4. The van der Waals surface area contributed by atoms with Crippen molar-refractivity contribution in [3.63, 3.8) is 0 Å². The van der Waals surface area contributed by atoms with E-state index in [4.69, 9.17) is 42.6 Å². The summed E-state index contributed by atoms with van der Waals surface area (Å²) in [5, 5.41) is 154. The van der Waals surface area contributed by atoms with Gasteiger partial charge in [0, 0.05) is 18.3 Å². The van der Waals surface area contributed by atoms with Crippen molar-refractivity contribution >= 4 is 0 Å². The van der Waals surface area contributed by atoms with Gasteiger partial charge in [0.25, 0.3) is 0 Å². The van der Waals surface area contributed by atoms with E-state index in [-0.39, 0.29) is 35.2 Å². The molecule has 10 aliphatic rings. The minimum absolute atomic E-state index is 0.0418. The third-order valence-electron chi connectivity index (χ3n) is 20.8. The molecule has 10 fully saturated rings. The van der Waals surface area contributed by atoms with E-state index in [2.05, 4.69) is 27.7 Å². The summed E-state index contributed by atoms with van der Waals surface area (Å²) in [6.07, 6.45) is -27.8. The van der Waals surface area contributed by atoms with E-state index in [0.717, 1.165) is 44.9 Å². The normalized spacial score (nSPS) is 58.6. The van der Waals surface area contributed by atoms with Crippen molar-refractivity contribution in [3.8, 4) is 0 Å². The Balaban J connectivity index is 1.01. The number of ether oxygens (including phenoxy) is 9. The first-order valence-corrected chi connectivity index (χ1v) is 27.3. The van der Waals surface area contributed by atoms with Crippen LogP contribution < -0.4 is 0 Å². The zero-order valence-electron chi connectivity index (χ0n) is 42.7. The summed E-state index contributed by atoms with van der Waals surface area (Å²) in [4.78, 5) is 0. The molecule has 4 saturated carbocycles. The molecule has 32 unspecified atom stereocenters. The van der Waals surface area contributed by atoms with Crippen LogP contribution in [0.4, 0.5) is 0 Å². The summed E-state index contributed by atoms with van der Waals surface area (Å²) < 4.78 is 57.8. The van der Waals surface area contributed by atoms with E-state index in [1.54, 1.807) is 0 Å². The SMILES string of the molecule is CC1CCC2(OC1)OC1CC3C4CCC5CC(C6(OC7OC(CO)C(O)C(O)C7O)OC(CO)C(O)C(OC7OC(CO)C(O)C(O)C7O)C6OC6OC(CO)C(O)C(O)C6O)CCC5(C)C4CCC3(C)C1C2C. The number of aliphatic hydroxyl groups is 14. The summed E-state index contributed by atoms with van der Waals surface area (Å²) in [6.45, 7) is 6.53. The first-order chi connectivity index (χ1) is 35.1. The van der Waals surface area contributed by atoms with Crippen molar-refractivity contribution in [1.29, 1.82) is 0 Å². The maximum absolute atomic E-state index is 12.2. The van der Waals surface area contributed by atoms with E-state index in [9.17, 15) is 71.5 Å². The van der Waals surface area contributed by atoms with Crippen LogP contribution in [-0.2, 0) is 42.6 Å². The zero-order chi connectivity index (χ0) is 53.1. The van der Waals surface area contributed by atoms with Gasteiger partial charge in [-0.05, 0) is 104 Å². The maximum atomic E-state index is 12.2. The molecule has 4 aliphatic carbocycles. The predicted molar refractivity (Wildman–Crippen MR) is 248 cm³/mol. The molecule has 6 heterocycles. The lowest BCUT2D eigenvalue weighted by molar-refractivity contribution is -0.466. The minimum Gasteiger partial charge on any atom is -0.394 e. The summed E-state index contributed by atoms with van der Waals surface area (Å²) in [5.41, 5.74) is -0.199. The van der Waals surface area contributed by atoms with Crippen LogP contribution in [-0.4, -0.2) is 239 Å². The smallest absolute Gasteiger partial charge is 0.203 e. The molecule has 0 aromatic heterocycles. The lowest BCUT2D eigenvalue weighted by Crippen LogP contribution is -2.75. The molecule has 14 N–H and O–H groups in total. The second-order valence-electron chi connectivity index (χ2n) is 24.6. The van der Waals surface area contributed by atoms with Gasteiger partial charge in [0.15, 0.2) is 24.7 Å². The van der Waals surface area contributed by atoms with E-state index >= 15 is 0 Å². The van der Waals surface area contributed by atoms with Gasteiger partial charge in [-0.1, -0.05) is 27.7 Å². The van der Waals surface area contributed by atoms with Gasteiger partial charge in [-0.3, -0.25) is 0 Å². The van der Waals surface area contributed by atoms with Crippen LogP contribution in [0.1, 0.15) is 91.9 Å². The molecule has 32 atom stereocenters. The number of hydrogen-bond donors (Lipinski definition) is 14. The highest BCUT2D eigenvalue weighted by atomic mass is 16.8. The standard InChI is InChI=1S/C51H84O23/c1-20-7-12-50(66-19-20)21(2)32-27(72-50)14-26-24-6-5-22-13-23(8-10-48(22,3)25(24)9-11-49(26,32)4)51(74-47-42(65)39(62)35(58)30(17-54)69-47)44(71-46-41(64)38(61)34(57)29(16-53)68-46)43(36(59)31(18-55)73-51)70-45-40(63)37(60)33(56)28(15-52)67-45/h20-47,52-65H,5-19H2,1-4H3. The maximum Gasteiger partial charge on any atom is 0.203 e. The number of aliphatic hydroxyl groups excluding tert-OH is 14. The van der Waals surface area contributed by atoms with E-state index in [1.807, 2.05) is 0 Å². The van der Waals surface area contributed by atoms with Crippen LogP contribution in [0, 0.1) is 58.2 Å². The Labute approximate surface area is 430 Å². The molecule has 0 aromatic rings. The Morgan fingerprint density at radius 2 is 1.05 bits per heavy atom. The van der Waals surface area contributed by atoms with Crippen LogP contribution in [0.5, 0.6) is 0 Å². The van der Waals surface area contributed by atoms with Gasteiger partial charge in [-0.15, -0.1) is 0 Å². The molecule has 0 amide bonds. The highest BCUT2D eigenvalue weighted by Crippen LogP contribution is 2.72. The van der Waals surface area contributed by atoms with Crippen molar-refractivity contribution in [2.45, 2.75) is 226 Å². The Kier molecular flexibility index (Phi) is 16.1. The molecular formula is C51H84O23. The van der Waals surface area contributed by atoms with Gasteiger partial charge in [0.05, 0.1) is 39.1 Å². The highest BCUT2D eigenvalue weighted by molar-refractivity contribution is 5.17. The van der Waals surface area contributed by atoms with Gasteiger partial charge in [0.2, 0.25) is 5.79 Å². The van der Waals surface area contributed by atoms with Gasteiger partial charge in [-0.25, -0.2) is 0 Å². The Morgan fingerprint density at radius 1 is 0.500 bits per heavy atom. The van der Waals surface area contributed by atoms with Crippen LogP contribution in [0.15, 0.2) is 0 Å². The van der Waals surface area contributed by atoms with Gasteiger partial charge < -0.3 is 114 Å². The fraction of sp³-hybridized carbons (Fsp3) is 1.00. The average Bonchev–Trinajstić information content (AvgIpc) is 3.84. The average molecular weight is 1070 g/mol. The lowest BCUT2D eigenvalue weighted by atomic mass is 9.43. The number of fused-ring (bicyclic) bond motifs is 7. The van der Waals surface area contributed by atoms with Crippen LogP contribution in [0.2, 0.25) is 0 Å². The molecule has 0 bridgehead atoms. The Morgan fingerprint density at radius 3 is 1.62 bits per heavy atom. The molecule has 426 valence electrons. The van der Waals surface area contributed by atoms with Crippen molar-refractivity contribution in [1.82, 2.24) is 0 Å². The second-order valence-corrected chi connectivity index (χ2v) is 24.6. The monoisotopic (exact) mass is 1060 g/mol. The highest BCUT2D eigenvalue weighted by Gasteiger charge is 2.71. The molecule has 0 aromatic carbocycles. The fourth-order valence-corrected chi connectivity index (χ4v) is 16.6. The molecule has 10 rings (SSSR count). The zero-order valence-corrected chi connectivity index (χ0v) is 42.7. The summed E-state index contributed by atoms with van der Waals surface area (Å²) in [7, 11) is 0. The minimum atomic E-state index is -2.45. The third kappa shape index (κ3) is 8.99. The van der Waals surface area contributed by atoms with Crippen LogP contribution in [0.3, 0.4) is 0 Å². The molecule has 23 heteroatoms. The number of rotatable bonds is 11. The third-order valence-corrected chi connectivity index (χ3v) is 20.8. The molecule has 6 saturated heterocycles. The Hall–Kier alpha value is -0.920. The van der Waals surface area contributed by atoms with Gasteiger partial charge in [-0.2, -0.15) is 0 Å². The molecular weight excluding hydrogens is 981 g/mol. The van der Waals surface area contributed by atoms with E-state index in [0.29, 0.717) is 49.0 Å². The largest absolute Gasteiger partial charge is 0.394 e. The fourth-order valence-electron chi connectivity index (χ4n) is 16.6. The molecule has 6 aliphatic heterocycles. The first-order valence-electron chi connectivity index (χ1n) is 27.3. The van der Waals surface area contributed by atoms with Gasteiger partial charge in [0.1, 0.15) is 97.7 Å². The number of hydrogen-bond acceptors (Lipinski definition) is 23. The molecule has 0 radical (unpaired) electrons. The lowest BCUT2D eigenvalue weighted by Gasteiger charge is -2.63. The summed E-state index contributed by atoms with van der Waals surface area (Å²) in [5.74, 6) is -1.71. The topological polar surface area (TPSA) is 366 Å². The second kappa shape index (κ2) is 21.2. The predicted octanol–water partition coefficient (Wildman–Crippen LogP) is -3.32. The Bertz CT molecular complexity index is 1910. The molecule has 74 heavy (non-hydrogen) atoms. The van der Waals surface area contributed by atoms with Crippen molar-refractivity contribution in [3.05, 3.63) is 0 Å². The van der Waals surface area contributed by atoms with E-state index in [1.165, 1.54) is 0 Å². The molecule has 23 nitrogen and oxygen atoms in total. The molecule has 1 spiro atoms. The van der Waals surface area contributed by atoms with Crippen molar-refractivity contribution in [2.24, 2.45) is 58.2 Å². The summed E-state index contributed by atoms with van der Waals surface area (Å²) in [6, 6.07) is 0. The van der Waals surface area contributed by atoms with E-state index < -0.39 is 160 Å². The van der Waals surface area contributed by atoms with Crippen molar-refractivity contribution in [2.75, 3.05) is 33.0 Å². The summed E-state index contributed by atoms with van der Waals surface area (Å²) >= 11 is 0. The van der Waals surface area contributed by atoms with Crippen LogP contribution in [0.25, 0.3) is 0 Å². The van der Waals surface area contributed by atoms with Crippen LogP contribution >= 0.6 is 0 Å². The quantitative estimate of drug-likeness (QED) is 0.0963.